The zero-order valence-electron chi connectivity index (χ0n) is 13.5. The Hall–Kier alpha value is -2.14. The Morgan fingerprint density at radius 3 is 2.74 bits per heavy atom. The minimum absolute atomic E-state index is 0.322. The average Bonchev–Trinajstić information content (AvgIpc) is 2.50. The summed E-state index contributed by atoms with van der Waals surface area (Å²) in [5, 5.41) is 0.335. The molecular weight excluding hydrogens is 310 g/mol. The number of hydrogen-bond acceptors (Lipinski definition) is 5. The van der Waals surface area contributed by atoms with E-state index in [9.17, 15) is 0 Å². The molecule has 1 aromatic carbocycles. The van der Waals surface area contributed by atoms with Gasteiger partial charge < -0.3 is 10.6 Å². The average molecular weight is 330 g/mol. The summed E-state index contributed by atoms with van der Waals surface area (Å²) in [6, 6.07) is 8.13. The second kappa shape index (κ2) is 6.16. The minimum atomic E-state index is 0.322. The van der Waals surface area contributed by atoms with Crippen molar-refractivity contribution in [3.05, 3.63) is 40.8 Å². The minimum Gasteiger partial charge on any atom is -0.382 e. The van der Waals surface area contributed by atoms with E-state index in [2.05, 4.69) is 34.8 Å². The number of halogens is 1. The van der Waals surface area contributed by atoms with Crippen LogP contribution in [0.4, 0.5) is 17.2 Å². The van der Waals surface area contributed by atoms with Gasteiger partial charge in [-0.05, 0) is 25.0 Å². The Morgan fingerprint density at radius 2 is 2.00 bits per heavy atom. The standard InChI is InChI=1S/C17H20ClN5/c1-10(2)8-23-9-13(21-12-6-4-5-7-14(12)23)15-17(19)22-16(18)11(3)20-15/h4-7,10H,8-9H2,1-3H3,(H2,19,22). The number of anilines is 2. The molecule has 0 atom stereocenters. The van der Waals surface area contributed by atoms with Gasteiger partial charge in [0.15, 0.2) is 11.0 Å². The number of rotatable bonds is 3. The first-order valence-corrected chi connectivity index (χ1v) is 8.05. The van der Waals surface area contributed by atoms with Crippen molar-refractivity contribution in [3.8, 4) is 0 Å². The van der Waals surface area contributed by atoms with E-state index in [1.54, 1.807) is 0 Å². The van der Waals surface area contributed by atoms with Gasteiger partial charge in [0.2, 0.25) is 0 Å². The second-order valence-electron chi connectivity index (χ2n) is 6.16. The van der Waals surface area contributed by atoms with E-state index in [1.165, 1.54) is 0 Å². The highest BCUT2D eigenvalue weighted by Crippen LogP contribution is 2.33. The largest absolute Gasteiger partial charge is 0.382 e. The Balaban J connectivity index is 2.08. The first-order chi connectivity index (χ1) is 11.0. The fourth-order valence-electron chi connectivity index (χ4n) is 2.73. The summed E-state index contributed by atoms with van der Waals surface area (Å²) < 4.78 is 0. The number of aryl methyl sites for hydroxylation is 1. The van der Waals surface area contributed by atoms with Crippen molar-refractivity contribution in [2.75, 3.05) is 23.7 Å². The second-order valence-corrected chi connectivity index (χ2v) is 6.51. The number of nitrogens with two attached hydrogens (primary N) is 1. The summed E-state index contributed by atoms with van der Waals surface area (Å²) in [6.07, 6.45) is 0. The fourth-order valence-corrected chi connectivity index (χ4v) is 2.86. The molecule has 0 saturated heterocycles. The lowest BCUT2D eigenvalue weighted by atomic mass is 10.1. The maximum Gasteiger partial charge on any atom is 0.153 e. The van der Waals surface area contributed by atoms with Gasteiger partial charge >= 0.3 is 0 Å². The Morgan fingerprint density at radius 1 is 1.26 bits per heavy atom. The van der Waals surface area contributed by atoms with Crippen LogP contribution in [0, 0.1) is 12.8 Å². The number of aliphatic imine (C=N–C) groups is 1. The molecule has 2 aromatic rings. The molecule has 0 aliphatic carbocycles. The van der Waals surface area contributed by atoms with Gasteiger partial charge in [-0.2, -0.15) is 0 Å². The highest BCUT2D eigenvalue weighted by atomic mass is 35.5. The van der Waals surface area contributed by atoms with Crippen LogP contribution in [-0.4, -0.2) is 28.8 Å². The van der Waals surface area contributed by atoms with Crippen molar-refractivity contribution >= 4 is 34.5 Å². The van der Waals surface area contributed by atoms with Crippen LogP contribution in [0.1, 0.15) is 25.2 Å². The van der Waals surface area contributed by atoms with E-state index in [4.69, 9.17) is 22.3 Å². The number of para-hydroxylation sites is 2. The van der Waals surface area contributed by atoms with Crippen LogP contribution in [0.25, 0.3) is 0 Å². The van der Waals surface area contributed by atoms with Gasteiger partial charge in [0.25, 0.3) is 0 Å². The van der Waals surface area contributed by atoms with E-state index < -0.39 is 0 Å². The van der Waals surface area contributed by atoms with Gasteiger partial charge in [0.1, 0.15) is 5.69 Å². The third-order valence-electron chi connectivity index (χ3n) is 3.72. The summed E-state index contributed by atoms with van der Waals surface area (Å²) in [7, 11) is 0. The highest BCUT2D eigenvalue weighted by Gasteiger charge is 2.23. The molecule has 3 rings (SSSR count). The molecule has 2 N–H and O–H groups in total. The normalized spacial score (nSPS) is 14.0. The predicted molar refractivity (Wildman–Crippen MR) is 95.9 cm³/mol. The lowest BCUT2D eigenvalue weighted by molar-refractivity contribution is 0.628. The Labute approximate surface area is 141 Å². The number of hydrogen-bond donors (Lipinski definition) is 1. The van der Waals surface area contributed by atoms with E-state index in [1.807, 2.05) is 25.1 Å². The number of fused-ring (bicyclic) bond motifs is 1. The van der Waals surface area contributed by atoms with Crippen LogP contribution in [0.3, 0.4) is 0 Å². The van der Waals surface area contributed by atoms with Crippen LogP contribution in [0.5, 0.6) is 0 Å². The summed E-state index contributed by atoms with van der Waals surface area (Å²) in [5.41, 5.74) is 10.2. The predicted octanol–water partition coefficient (Wildman–Crippen LogP) is 3.62. The molecule has 0 unspecified atom stereocenters. The third-order valence-corrected chi connectivity index (χ3v) is 4.07. The van der Waals surface area contributed by atoms with Crippen LogP contribution in [0.15, 0.2) is 29.3 Å². The monoisotopic (exact) mass is 329 g/mol. The molecule has 1 aliphatic heterocycles. The molecule has 0 spiro atoms. The number of aromatic nitrogens is 2. The molecular formula is C17H20ClN5. The zero-order valence-corrected chi connectivity index (χ0v) is 14.3. The molecule has 1 aromatic heterocycles. The maximum absolute atomic E-state index is 6.03. The van der Waals surface area contributed by atoms with Crippen molar-refractivity contribution in [1.82, 2.24) is 9.97 Å². The molecule has 0 amide bonds. The van der Waals surface area contributed by atoms with Crippen molar-refractivity contribution < 1.29 is 0 Å². The quantitative estimate of drug-likeness (QED) is 0.934. The molecule has 2 heterocycles. The van der Waals surface area contributed by atoms with Gasteiger partial charge in [0.05, 0.1) is 29.3 Å². The van der Waals surface area contributed by atoms with Crippen LogP contribution in [-0.2, 0) is 0 Å². The lowest BCUT2D eigenvalue weighted by Crippen LogP contribution is -2.36. The van der Waals surface area contributed by atoms with Gasteiger partial charge in [-0.15, -0.1) is 0 Å². The summed E-state index contributed by atoms with van der Waals surface area (Å²) in [5.74, 6) is 0.862. The molecule has 0 radical (unpaired) electrons. The molecule has 0 fully saturated rings. The molecule has 0 bridgehead atoms. The topological polar surface area (TPSA) is 67.4 Å². The summed E-state index contributed by atoms with van der Waals surface area (Å²) in [6.45, 7) is 7.83. The van der Waals surface area contributed by atoms with E-state index in [-0.39, 0.29) is 0 Å². The molecule has 6 heteroatoms. The van der Waals surface area contributed by atoms with Gasteiger partial charge in [-0.3, -0.25) is 0 Å². The first-order valence-electron chi connectivity index (χ1n) is 7.67. The molecule has 120 valence electrons. The maximum atomic E-state index is 6.03. The SMILES string of the molecule is Cc1nc(C2=Nc3ccccc3N(CC(C)C)C2)c(N)nc1Cl. The molecule has 23 heavy (non-hydrogen) atoms. The first kappa shape index (κ1) is 15.7. The smallest absolute Gasteiger partial charge is 0.153 e. The van der Waals surface area contributed by atoms with E-state index in [0.717, 1.165) is 23.6 Å². The van der Waals surface area contributed by atoms with Crippen LogP contribution in [0.2, 0.25) is 5.15 Å². The van der Waals surface area contributed by atoms with Crippen molar-refractivity contribution in [3.63, 3.8) is 0 Å². The van der Waals surface area contributed by atoms with Crippen molar-refractivity contribution in [2.24, 2.45) is 10.9 Å². The fraction of sp³-hybridized carbons (Fsp3) is 0.353. The molecule has 1 aliphatic rings. The van der Waals surface area contributed by atoms with E-state index in [0.29, 0.717) is 34.8 Å². The van der Waals surface area contributed by atoms with Crippen molar-refractivity contribution in [2.45, 2.75) is 20.8 Å². The van der Waals surface area contributed by atoms with Gasteiger partial charge in [-0.25, -0.2) is 15.0 Å². The van der Waals surface area contributed by atoms with Crippen molar-refractivity contribution in [1.29, 1.82) is 0 Å². The molecule has 5 nitrogen and oxygen atoms in total. The highest BCUT2D eigenvalue weighted by molar-refractivity contribution is 6.30. The van der Waals surface area contributed by atoms with Gasteiger partial charge in [0, 0.05) is 6.54 Å². The lowest BCUT2D eigenvalue weighted by Gasteiger charge is -2.31. The summed E-state index contributed by atoms with van der Waals surface area (Å²) in [4.78, 5) is 15.7. The Kier molecular flexibility index (Phi) is 4.22. The number of nitrogens with zero attached hydrogens (tertiary/aromatic N) is 4. The number of benzene rings is 1. The number of nitrogen functional groups attached to an aromatic ring is 1. The Bertz CT molecular complexity index is 770. The van der Waals surface area contributed by atoms with Gasteiger partial charge in [-0.1, -0.05) is 37.6 Å². The van der Waals surface area contributed by atoms with E-state index >= 15 is 0 Å². The van der Waals surface area contributed by atoms with Crippen LogP contribution >= 0.6 is 11.6 Å². The zero-order chi connectivity index (χ0) is 16.6. The molecule has 0 saturated carbocycles. The third kappa shape index (κ3) is 3.15. The van der Waals surface area contributed by atoms with Crippen LogP contribution < -0.4 is 10.6 Å². The summed E-state index contributed by atoms with van der Waals surface area (Å²) >= 11 is 6.00.